The molecule has 1 aromatic heterocycles. The Morgan fingerprint density at radius 1 is 1.08 bits per heavy atom. The second-order valence-electron chi connectivity index (χ2n) is 6.50. The Bertz CT molecular complexity index is 857. The quantitative estimate of drug-likeness (QED) is 0.654. The lowest BCUT2D eigenvalue weighted by Crippen LogP contribution is -2.33. The van der Waals surface area contributed by atoms with Crippen LogP contribution < -0.4 is 10.6 Å². The molecule has 0 aliphatic rings. The van der Waals surface area contributed by atoms with Crippen LogP contribution in [0.4, 0.5) is 5.95 Å². The van der Waals surface area contributed by atoms with Crippen LogP contribution in [0.2, 0.25) is 0 Å². The summed E-state index contributed by atoms with van der Waals surface area (Å²) in [5, 5.41) is 6.32. The van der Waals surface area contributed by atoms with E-state index in [0.717, 1.165) is 17.6 Å². The zero-order valence-corrected chi connectivity index (χ0v) is 15.3. The molecule has 0 unspecified atom stereocenters. The summed E-state index contributed by atoms with van der Waals surface area (Å²) in [6.45, 7) is 2.35. The van der Waals surface area contributed by atoms with E-state index >= 15 is 0 Å². The third-order valence-corrected chi connectivity index (χ3v) is 4.13. The maximum Gasteiger partial charge on any atom is 0.240 e. The number of fused-ring (bicyclic) bond motifs is 1. The smallest absolute Gasteiger partial charge is 0.240 e. The van der Waals surface area contributed by atoms with Gasteiger partial charge in [-0.3, -0.25) is 4.79 Å². The molecule has 6 heteroatoms. The monoisotopic (exact) mass is 351 g/mol. The summed E-state index contributed by atoms with van der Waals surface area (Å²) >= 11 is 0. The maximum absolute atomic E-state index is 12.4. The first-order chi connectivity index (χ1) is 12.6. The SMILES string of the molecule is CN(C)CCNC(=O)Cn1c(NCc2ccccc2)nc2ccccc21. The fourth-order valence-electron chi connectivity index (χ4n) is 2.77. The van der Waals surface area contributed by atoms with Gasteiger partial charge < -0.3 is 20.1 Å². The number of likely N-dealkylation sites (N-methyl/N-ethyl adjacent to an activating group) is 1. The number of imidazole rings is 1. The van der Waals surface area contributed by atoms with E-state index < -0.39 is 0 Å². The molecule has 0 aliphatic carbocycles. The lowest BCUT2D eigenvalue weighted by molar-refractivity contribution is -0.121. The van der Waals surface area contributed by atoms with Crippen LogP contribution >= 0.6 is 0 Å². The summed E-state index contributed by atoms with van der Waals surface area (Å²) < 4.78 is 1.93. The van der Waals surface area contributed by atoms with E-state index in [9.17, 15) is 4.79 Å². The molecule has 0 saturated heterocycles. The molecule has 26 heavy (non-hydrogen) atoms. The minimum Gasteiger partial charge on any atom is -0.353 e. The molecule has 1 heterocycles. The summed E-state index contributed by atoms with van der Waals surface area (Å²) in [7, 11) is 3.97. The summed E-state index contributed by atoms with van der Waals surface area (Å²) in [6.07, 6.45) is 0. The number of hydrogen-bond acceptors (Lipinski definition) is 4. The third-order valence-electron chi connectivity index (χ3n) is 4.13. The summed E-state index contributed by atoms with van der Waals surface area (Å²) in [4.78, 5) is 19.1. The summed E-state index contributed by atoms with van der Waals surface area (Å²) in [5.41, 5.74) is 3.00. The maximum atomic E-state index is 12.4. The Morgan fingerprint density at radius 3 is 2.58 bits per heavy atom. The van der Waals surface area contributed by atoms with Crippen LogP contribution in [-0.4, -0.2) is 47.5 Å². The van der Waals surface area contributed by atoms with Crippen molar-refractivity contribution in [2.24, 2.45) is 0 Å². The van der Waals surface area contributed by atoms with E-state index in [-0.39, 0.29) is 12.5 Å². The largest absolute Gasteiger partial charge is 0.353 e. The average molecular weight is 351 g/mol. The fraction of sp³-hybridized carbons (Fsp3) is 0.300. The molecule has 1 amide bonds. The van der Waals surface area contributed by atoms with Gasteiger partial charge in [0, 0.05) is 19.6 Å². The molecule has 3 aromatic rings. The van der Waals surface area contributed by atoms with Crippen LogP contribution in [0, 0.1) is 0 Å². The molecule has 3 rings (SSSR count). The lowest BCUT2D eigenvalue weighted by atomic mass is 10.2. The lowest BCUT2D eigenvalue weighted by Gasteiger charge is -2.13. The standard InChI is InChI=1S/C20H25N5O/c1-24(2)13-12-21-19(26)15-25-18-11-7-6-10-17(18)23-20(25)22-14-16-8-4-3-5-9-16/h3-11H,12-15H2,1-2H3,(H,21,26)(H,22,23). The Kier molecular flexibility index (Phi) is 5.86. The van der Waals surface area contributed by atoms with E-state index in [1.807, 2.05) is 66.0 Å². The Labute approximate surface area is 153 Å². The number of rotatable bonds is 8. The van der Waals surface area contributed by atoms with Crippen molar-refractivity contribution in [3.63, 3.8) is 0 Å². The van der Waals surface area contributed by atoms with Gasteiger partial charge in [-0.1, -0.05) is 42.5 Å². The Hall–Kier alpha value is -2.86. The van der Waals surface area contributed by atoms with Gasteiger partial charge in [0.2, 0.25) is 11.9 Å². The topological polar surface area (TPSA) is 62.2 Å². The van der Waals surface area contributed by atoms with Gasteiger partial charge in [-0.2, -0.15) is 0 Å². The first kappa shape index (κ1) is 17.9. The number of amides is 1. The van der Waals surface area contributed by atoms with E-state index in [1.165, 1.54) is 5.56 Å². The predicted molar refractivity (Wildman–Crippen MR) is 105 cm³/mol. The summed E-state index contributed by atoms with van der Waals surface area (Å²) in [5.74, 6) is 0.690. The van der Waals surface area contributed by atoms with Gasteiger partial charge in [0.1, 0.15) is 6.54 Å². The van der Waals surface area contributed by atoms with Gasteiger partial charge in [0.25, 0.3) is 0 Å². The molecule has 0 fully saturated rings. The molecule has 2 aromatic carbocycles. The molecule has 0 saturated carbocycles. The van der Waals surface area contributed by atoms with Crippen LogP contribution in [0.1, 0.15) is 5.56 Å². The van der Waals surface area contributed by atoms with Gasteiger partial charge in [-0.15, -0.1) is 0 Å². The third kappa shape index (κ3) is 4.61. The molecule has 6 nitrogen and oxygen atoms in total. The number of carbonyl (C=O) groups is 1. The number of anilines is 1. The van der Waals surface area contributed by atoms with Crippen LogP contribution in [0.15, 0.2) is 54.6 Å². The highest BCUT2D eigenvalue weighted by Crippen LogP contribution is 2.20. The van der Waals surface area contributed by atoms with Crippen molar-refractivity contribution in [1.82, 2.24) is 19.8 Å². The molecular weight excluding hydrogens is 326 g/mol. The van der Waals surface area contributed by atoms with Gasteiger partial charge in [0.15, 0.2) is 0 Å². The van der Waals surface area contributed by atoms with Crippen molar-refractivity contribution in [2.45, 2.75) is 13.1 Å². The van der Waals surface area contributed by atoms with Crippen molar-refractivity contribution in [1.29, 1.82) is 0 Å². The van der Waals surface area contributed by atoms with Crippen LogP contribution in [0.5, 0.6) is 0 Å². The van der Waals surface area contributed by atoms with Crippen molar-refractivity contribution in [3.8, 4) is 0 Å². The van der Waals surface area contributed by atoms with Crippen LogP contribution in [-0.2, 0) is 17.9 Å². The van der Waals surface area contributed by atoms with Gasteiger partial charge in [-0.25, -0.2) is 4.98 Å². The molecule has 0 spiro atoms. The van der Waals surface area contributed by atoms with E-state index in [2.05, 4.69) is 27.8 Å². The van der Waals surface area contributed by atoms with Gasteiger partial charge in [0.05, 0.1) is 11.0 Å². The molecule has 2 N–H and O–H groups in total. The van der Waals surface area contributed by atoms with Crippen LogP contribution in [0.3, 0.4) is 0 Å². The van der Waals surface area contributed by atoms with Crippen molar-refractivity contribution in [3.05, 3.63) is 60.2 Å². The van der Waals surface area contributed by atoms with E-state index in [1.54, 1.807) is 0 Å². The fourth-order valence-corrected chi connectivity index (χ4v) is 2.77. The molecule has 0 radical (unpaired) electrons. The highest BCUT2D eigenvalue weighted by molar-refractivity contribution is 5.83. The number of nitrogens with zero attached hydrogens (tertiary/aromatic N) is 3. The number of carbonyl (C=O) groups excluding carboxylic acids is 1. The van der Waals surface area contributed by atoms with E-state index in [0.29, 0.717) is 19.0 Å². The van der Waals surface area contributed by atoms with Crippen LogP contribution in [0.25, 0.3) is 11.0 Å². The Morgan fingerprint density at radius 2 is 1.81 bits per heavy atom. The van der Waals surface area contributed by atoms with Crippen molar-refractivity contribution < 1.29 is 4.79 Å². The molecule has 0 aliphatic heterocycles. The molecule has 0 atom stereocenters. The summed E-state index contributed by atoms with van der Waals surface area (Å²) in [6, 6.07) is 18.0. The Balaban J connectivity index is 1.75. The van der Waals surface area contributed by atoms with Gasteiger partial charge >= 0.3 is 0 Å². The normalized spacial score (nSPS) is 11.0. The number of benzene rings is 2. The second kappa shape index (κ2) is 8.49. The minimum atomic E-state index is -0.0160. The predicted octanol–water partition coefficient (Wildman–Crippen LogP) is 2.33. The first-order valence-electron chi connectivity index (χ1n) is 8.78. The first-order valence-corrected chi connectivity index (χ1v) is 8.78. The highest BCUT2D eigenvalue weighted by atomic mass is 16.1. The zero-order valence-electron chi connectivity index (χ0n) is 15.3. The number of nitrogens with one attached hydrogen (secondary N) is 2. The molecular formula is C20H25N5O. The van der Waals surface area contributed by atoms with Crippen molar-refractivity contribution >= 4 is 22.9 Å². The average Bonchev–Trinajstić information content (AvgIpc) is 2.98. The highest BCUT2D eigenvalue weighted by Gasteiger charge is 2.13. The zero-order chi connectivity index (χ0) is 18.4. The van der Waals surface area contributed by atoms with Gasteiger partial charge in [-0.05, 0) is 31.8 Å². The molecule has 136 valence electrons. The molecule has 0 bridgehead atoms. The number of aromatic nitrogens is 2. The number of hydrogen-bond donors (Lipinski definition) is 2. The van der Waals surface area contributed by atoms with E-state index in [4.69, 9.17) is 0 Å². The second-order valence-corrected chi connectivity index (χ2v) is 6.50. The minimum absolute atomic E-state index is 0.0160. The van der Waals surface area contributed by atoms with Crippen molar-refractivity contribution in [2.75, 3.05) is 32.5 Å². The number of para-hydroxylation sites is 2.